The number of thiophene rings is 1. The number of hydrogen-bond donors (Lipinski definition) is 0. The van der Waals surface area contributed by atoms with E-state index < -0.39 is 0 Å². The van der Waals surface area contributed by atoms with E-state index >= 15 is 0 Å². The summed E-state index contributed by atoms with van der Waals surface area (Å²) >= 11 is 8.21. The first kappa shape index (κ1) is 20.8. The molecule has 0 spiro atoms. The number of rotatable bonds is 7. The second-order valence-corrected chi connectivity index (χ2v) is 9.50. The normalized spacial score (nSPS) is 13.1. The molecule has 0 aliphatic carbocycles. The Balaban J connectivity index is 1.81. The van der Waals surface area contributed by atoms with Gasteiger partial charge in [0.2, 0.25) is 0 Å². The van der Waals surface area contributed by atoms with Crippen molar-refractivity contribution >= 4 is 22.9 Å². The van der Waals surface area contributed by atoms with Crippen molar-refractivity contribution in [1.29, 1.82) is 0 Å². The summed E-state index contributed by atoms with van der Waals surface area (Å²) in [6.07, 6.45) is 1.70. The van der Waals surface area contributed by atoms with Crippen LogP contribution in [0.1, 0.15) is 48.8 Å². The van der Waals surface area contributed by atoms with E-state index in [9.17, 15) is 0 Å². The lowest BCUT2D eigenvalue weighted by Crippen LogP contribution is -2.34. The van der Waals surface area contributed by atoms with Gasteiger partial charge in [0, 0.05) is 16.4 Å². The zero-order valence-corrected chi connectivity index (χ0v) is 18.8. The maximum Gasteiger partial charge on any atom is 0.174 e. The van der Waals surface area contributed by atoms with Crippen molar-refractivity contribution in [2.75, 3.05) is 0 Å². The Labute approximate surface area is 185 Å². The average molecular weight is 442 g/mol. The van der Waals surface area contributed by atoms with Crippen LogP contribution in [0.3, 0.4) is 0 Å². The van der Waals surface area contributed by atoms with Gasteiger partial charge in [-0.3, -0.25) is 4.90 Å². The fraction of sp³-hybridized carbons (Fsp3) is 0.318. The van der Waals surface area contributed by atoms with Gasteiger partial charge in [0.05, 0.1) is 18.3 Å². The van der Waals surface area contributed by atoms with Crippen LogP contribution < -0.4 is 0 Å². The Morgan fingerprint density at radius 3 is 2.60 bits per heavy atom. The zero-order chi connectivity index (χ0) is 21.1. The molecule has 6 nitrogen and oxygen atoms in total. The maximum atomic E-state index is 6.52. The average Bonchev–Trinajstić information content (AvgIpc) is 3.46. The topological polar surface area (TPSA) is 60.0 Å². The van der Waals surface area contributed by atoms with Gasteiger partial charge in [-0.1, -0.05) is 35.9 Å². The number of nitrogens with zero attached hydrogens (tertiary/aromatic N) is 5. The first-order chi connectivity index (χ1) is 14.4. The van der Waals surface area contributed by atoms with Crippen LogP contribution in [-0.2, 0) is 18.6 Å². The molecule has 156 valence electrons. The van der Waals surface area contributed by atoms with Gasteiger partial charge >= 0.3 is 0 Å². The van der Waals surface area contributed by atoms with Gasteiger partial charge in [0.1, 0.15) is 11.8 Å². The maximum absolute atomic E-state index is 6.52. The molecule has 1 aromatic carbocycles. The van der Waals surface area contributed by atoms with E-state index in [1.165, 1.54) is 0 Å². The number of tetrazole rings is 1. The van der Waals surface area contributed by atoms with Gasteiger partial charge in [-0.05, 0) is 66.4 Å². The van der Waals surface area contributed by atoms with Crippen molar-refractivity contribution in [2.45, 2.75) is 45.4 Å². The highest BCUT2D eigenvalue weighted by Gasteiger charge is 2.33. The predicted octanol–water partition coefficient (Wildman–Crippen LogP) is 5.53. The molecule has 0 saturated heterocycles. The number of aromatic nitrogens is 4. The van der Waals surface area contributed by atoms with Crippen molar-refractivity contribution < 1.29 is 4.42 Å². The Morgan fingerprint density at radius 2 is 1.93 bits per heavy atom. The molecule has 0 bridgehead atoms. The van der Waals surface area contributed by atoms with Gasteiger partial charge in [-0.25, -0.2) is 4.68 Å². The van der Waals surface area contributed by atoms with Gasteiger partial charge < -0.3 is 4.42 Å². The third-order valence-corrected chi connectivity index (χ3v) is 6.12. The first-order valence-corrected chi connectivity index (χ1v) is 11.0. The van der Waals surface area contributed by atoms with Gasteiger partial charge in [0.25, 0.3) is 0 Å². The SMILES string of the molecule is CC(C)(C)n1nnnc1C(c1cccs1)N(Cc1ccco1)Cc1ccccc1Cl. The predicted molar refractivity (Wildman–Crippen MR) is 118 cm³/mol. The van der Waals surface area contributed by atoms with Crippen LogP contribution in [0.5, 0.6) is 0 Å². The van der Waals surface area contributed by atoms with E-state index in [4.69, 9.17) is 16.0 Å². The molecule has 0 N–H and O–H groups in total. The van der Waals surface area contributed by atoms with E-state index in [-0.39, 0.29) is 11.6 Å². The monoisotopic (exact) mass is 441 g/mol. The second kappa shape index (κ2) is 8.71. The molecular weight excluding hydrogens is 418 g/mol. The summed E-state index contributed by atoms with van der Waals surface area (Å²) < 4.78 is 7.59. The van der Waals surface area contributed by atoms with Crippen molar-refractivity contribution in [3.8, 4) is 0 Å². The fourth-order valence-corrected chi connectivity index (χ4v) is 4.50. The molecule has 0 amide bonds. The lowest BCUT2D eigenvalue weighted by molar-refractivity contribution is 0.174. The van der Waals surface area contributed by atoms with Crippen LogP contribution in [0.15, 0.2) is 64.6 Å². The Hall–Kier alpha value is -2.48. The lowest BCUT2D eigenvalue weighted by atomic mass is 10.1. The molecule has 0 saturated carbocycles. The number of benzene rings is 1. The molecule has 1 unspecified atom stereocenters. The second-order valence-electron chi connectivity index (χ2n) is 8.11. The fourth-order valence-electron chi connectivity index (χ4n) is 3.45. The molecule has 0 aliphatic heterocycles. The van der Waals surface area contributed by atoms with Crippen molar-refractivity contribution in [3.05, 3.63) is 87.2 Å². The van der Waals surface area contributed by atoms with Crippen LogP contribution in [0.2, 0.25) is 5.02 Å². The Kier molecular flexibility index (Phi) is 6.04. The summed E-state index contributed by atoms with van der Waals surface area (Å²) in [6.45, 7) is 7.52. The van der Waals surface area contributed by atoms with Crippen LogP contribution in [0.4, 0.5) is 0 Å². The third kappa shape index (κ3) is 4.48. The molecule has 8 heteroatoms. The largest absolute Gasteiger partial charge is 0.468 e. The van der Waals surface area contributed by atoms with Crippen LogP contribution >= 0.6 is 22.9 Å². The summed E-state index contributed by atoms with van der Waals surface area (Å²) in [5.74, 6) is 1.67. The first-order valence-electron chi connectivity index (χ1n) is 9.75. The number of furan rings is 1. The highest BCUT2D eigenvalue weighted by atomic mass is 35.5. The minimum atomic E-state index is -0.255. The van der Waals surface area contributed by atoms with Gasteiger partial charge in [-0.2, -0.15) is 0 Å². The molecule has 0 aliphatic rings. The van der Waals surface area contributed by atoms with Crippen LogP contribution in [0, 0.1) is 0 Å². The lowest BCUT2D eigenvalue weighted by Gasteiger charge is -2.32. The minimum Gasteiger partial charge on any atom is -0.468 e. The van der Waals surface area contributed by atoms with Crippen LogP contribution in [0.25, 0.3) is 0 Å². The summed E-state index contributed by atoms with van der Waals surface area (Å²) in [7, 11) is 0. The standard InChI is InChI=1S/C22H24ClN5OS/c1-22(2,3)28-21(24-25-26-28)20(19-11-7-13-30-19)27(15-17-9-6-12-29-17)14-16-8-4-5-10-18(16)23/h4-13,20H,14-15H2,1-3H3. The molecule has 1 atom stereocenters. The molecule has 4 rings (SSSR count). The van der Waals surface area contributed by atoms with E-state index in [2.05, 4.69) is 64.8 Å². The summed E-state index contributed by atoms with van der Waals surface area (Å²) in [5.41, 5.74) is 0.789. The molecule has 0 fully saturated rings. The van der Waals surface area contributed by atoms with Crippen molar-refractivity contribution in [3.63, 3.8) is 0 Å². The quantitative estimate of drug-likeness (QED) is 0.377. The smallest absolute Gasteiger partial charge is 0.174 e. The molecular formula is C22H24ClN5OS. The molecule has 30 heavy (non-hydrogen) atoms. The van der Waals surface area contributed by atoms with Crippen molar-refractivity contribution in [2.24, 2.45) is 0 Å². The van der Waals surface area contributed by atoms with E-state index in [1.807, 2.05) is 35.0 Å². The van der Waals surface area contributed by atoms with E-state index in [0.717, 1.165) is 27.0 Å². The Bertz CT molecular complexity index is 1070. The summed E-state index contributed by atoms with van der Waals surface area (Å²) in [5, 5.41) is 15.6. The zero-order valence-electron chi connectivity index (χ0n) is 17.2. The molecule has 4 aromatic rings. The molecule has 3 heterocycles. The number of hydrogen-bond acceptors (Lipinski definition) is 6. The minimum absolute atomic E-state index is 0.152. The molecule has 0 radical (unpaired) electrons. The Morgan fingerprint density at radius 1 is 1.10 bits per heavy atom. The number of halogens is 1. The highest BCUT2D eigenvalue weighted by Crippen LogP contribution is 2.35. The summed E-state index contributed by atoms with van der Waals surface area (Å²) in [4.78, 5) is 3.47. The van der Waals surface area contributed by atoms with E-state index in [1.54, 1.807) is 17.6 Å². The van der Waals surface area contributed by atoms with Crippen molar-refractivity contribution in [1.82, 2.24) is 25.1 Å². The highest BCUT2D eigenvalue weighted by molar-refractivity contribution is 7.10. The van der Waals surface area contributed by atoms with Gasteiger partial charge in [0.15, 0.2) is 5.82 Å². The summed E-state index contributed by atoms with van der Waals surface area (Å²) in [6, 6.07) is 15.8. The van der Waals surface area contributed by atoms with E-state index in [0.29, 0.717) is 13.1 Å². The molecule has 3 aromatic heterocycles. The third-order valence-electron chi connectivity index (χ3n) is 4.82. The van der Waals surface area contributed by atoms with Gasteiger partial charge in [-0.15, -0.1) is 16.4 Å². The van der Waals surface area contributed by atoms with Crippen LogP contribution in [-0.4, -0.2) is 25.1 Å².